The fraction of sp³-hybridized carbons (Fsp3) is 1.00. The number of nitrogens with two attached hydrogens (primary N) is 1. The standard InChI is InChI=1S/C8H16N2/c1-3-7(2)8(9,10-7)6-4-5-6/h6,10H,3-5,9H2,1-2H3. The minimum Gasteiger partial charge on any atom is -0.312 e. The molecule has 2 unspecified atom stereocenters. The average molecular weight is 140 g/mol. The summed E-state index contributed by atoms with van der Waals surface area (Å²) in [6, 6.07) is 0. The van der Waals surface area contributed by atoms with Gasteiger partial charge in [-0.25, -0.2) is 0 Å². The predicted molar refractivity (Wildman–Crippen MR) is 41.5 cm³/mol. The van der Waals surface area contributed by atoms with Crippen molar-refractivity contribution >= 4 is 0 Å². The van der Waals surface area contributed by atoms with Crippen molar-refractivity contribution in [1.29, 1.82) is 0 Å². The van der Waals surface area contributed by atoms with Crippen LogP contribution < -0.4 is 11.1 Å². The molecule has 58 valence electrons. The second-order valence-corrected chi connectivity index (χ2v) is 3.95. The molecule has 0 bridgehead atoms. The molecule has 1 aliphatic heterocycles. The Bertz CT molecular complexity index is 165. The first-order valence-corrected chi connectivity index (χ1v) is 4.20. The molecule has 2 fully saturated rings. The lowest BCUT2D eigenvalue weighted by molar-refractivity contribution is 0.480. The van der Waals surface area contributed by atoms with Crippen molar-refractivity contribution in [3.05, 3.63) is 0 Å². The SMILES string of the molecule is CCC1(C)NC1(N)C1CC1. The Hall–Kier alpha value is -0.0800. The van der Waals surface area contributed by atoms with Crippen LogP contribution in [0.5, 0.6) is 0 Å². The van der Waals surface area contributed by atoms with Crippen molar-refractivity contribution in [3.63, 3.8) is 0 Å². The third kappa shape index (κ3) is 0.611. The molecule has 0 amide bonds. The van der Waals surface area contributed by atoms with Gasteiger partial charge in [0.25, 0.3) is 0 Å². The molecule has 1 saturated carbocycles. The van der Waals surface area contributed by atoms with Gasteiger partial charge in [-0.3, -0.25) is 5.32 Å². The first-order valence-electron chi connectivity index (χ1n) is 4.20. The third-order valence-electron chi connectivity index (χ3n) is 3.26. The minimum atomic E-state index is 0.0156. The Morgan fingerprint density at radius 1 is 1.60 bits per heavy atom. The van der Waals surface area contributed by atoms with Crippen molar-refractivity contribution in [3.8, 4) is 0 Å². The molecule has 2 nitrogen and oxygen atoms in total. The van der Waals surface area contributed by atoms with E-state index in [-0.39, 0.29) is 11.2 Å². The van der Waals surface area contributed by atoms with Crippen LogP contribution in [0, 0.1) is 5.92 Å². The van der Waals surface area contributed by atoms with Gasteiger partial charge in [0.1, 0.15) is 0 Å². The van der Waals surface area contributed by atoms with Crippen LogP contribution in [0.1, 0.15) is 33.1 Å². The van der Waals surface area contributed by atoms with E-state index in [1.165, 1.54) is 12.8 Å². The quantitative estimate of drug-likeness (QED) is 0.558. The van der Waals surface area contributed by atoms with E-state index in [1.54, 1.807) is 0 Å². The topological polar surface area (TPSA) is 48.0 Å². The van der Waals surface area contributed by atoms with Gasteiger partial charge in [-0.05, 0) is 32.1 Å². The van der Waals surface area contributed by atoms with Crippen LogP contribution in [0.15, 0.2) is 0 Å². The number of hydrogen-bond acceptors (Lipinski definition) is 2. The van der Waals surface area contributed by atoms with Crippen LogP contribution in [-0.4, -0.2) is 11.2 Å². The second-order valence-electron chi connectivity index (χ2n) is 3.95. The molecule has 2 aliphatic rings. The largest absolute Gasteiger partial charge is 0.312 e. The molecule has 2 heteroatoms. The molecule has 1 saturated heterocycles. The summed E-state index contributed by atoms with van der Waals surface area (Å²) in [5.41, 5.74) is 6.40. The monoisotopic (exact) mass is 140 g/mol. The summed E-state index contributed by atoms with van der Waals surface area (Å²) in [6.45, 7) is 4.43. The third-order valence-corrected chi connectivity index (χ3v) is 3.26. The maximum Gasteiger partial charge on any atom is 0.0880 e. The molecule has 1 aliphatic carbocycles. The molecule has 2 atom stereocenters. The smallest absolute Gasteiger partial charge is 0.0880 e. The highest BCUT2D eigenvalue weighted by Crippen LogP contribution is 2.52. The Morgan fingerprint density at radius 2 is 2.20 bits per heavy atom. The molecule has 0 spiro atoms. The summed E-state index contributed by atoms with van der Waals surface area (Å²) in [6.07, 6.45) is 3.82. The van der Waals surface area contributed by atoms with Crippen LogP contribution in [-0.2, 0) is 0 Å². The lowest BCUT2D eigenvalue weighted by Crippen LogP contribution is -2.35. The van der Waals surface area contributed by atoms with Gasteiger partial charge in [-0.15, -0.1) is 0 Å². The Balaban J connectivity index is 2.08. The molecule has 0 aromatic rings. The summed E-state index contributed by atoms with van der Waals surface area (Å²) in [4.78, 5) is 0. The second kappa shape index (κ2) is 1.56. The Morgan fingerprint density at radius 3 is 2.50 bits per heavy atom. The maximum absolute atomic E-state index is 6.13. The summed E-state index contributed by atoms with van der Waals surface area (Å²) < 4.78 is 0. The minimum absolute atomic E-state index is 0.0156. The van der Waals surface area contributed by atoms with E-state index in [9.17, 15) is 0 Å². The predicted octanol–water partition coefficient (Wildman–Crippen LogP) is 0.823. The highest BCUT2D eigenvalue weighted by atomic mass is 15.4. The van der Waals surface area contributed by atoms with Gasteiger partial charge < -0.3 is 5.73 Å². The van der Waals surface area contributed by atoms with Crippen molar-refractivity contribution in [1.82, 2.24) is 5.32 Å². The van der Waals surface area contributed by atoms with Gasteiger partial charge in [0, 0.05) is 5.54 Å². The van der Waals surface area contributed by atoms with Gasteiger partial charge in [-0.1, -0.05) is 6.92 Å². The molecule has 0 aromatic carbocycles. The maximum atomic E-state index is 6.13. The molecule has 10 heavy (non-hydrogen) atoms. The van der Waals surface area contributed by atoms with Gasteiger partial charge in [0.15, 0.2) is 0 Å². The zero-order valence-electron chi connectivity index (χ0n) is 6.78. The molecule has 0 aromatic heterocycles. The first-order chi connectivity index (χ1) is 4.62. The van der Waals surface area contributed by atoms with Gasteiger partial charge in [0.05, 0.1) is 5.66 Å². The van der Waals surface area contributed by atoms with E-state index in [2.05, 4.69) is 19.2 Å². The molecule has 2 rings (SSSR count). The van der Waals surface area contributed by atoms with E-state index in [0.29, 0.717) is 0 Å². The van der Waals surface area contributed by atoms with Gasteiger partial charge in [0.2, 0.25) is 0 Å². The summed E-state index contributed by atoms with van der Waals surface area (Å²) in [7, 11) is 0. The average Bonchev–Trinajstić information content (AvgIpc) is 2.70. The normalized spacial score (nSPS) is 53.1. The first kappa shape index (κ1) is 6.62. The van der Waals surface area contributed by atoms with Crippen molar-refractivity contribution in [2.75, 3.05) is 0 Å². The van der Waals surface area contributed by atoms with Crippen molar-refractivity contribution < 1.29 is 0 Å². The zero-order valence-corrected chi connectivity index (χ0v) is 6.78. The van der Waals surface area contributed by atoms with Crippen LogP contribution in [0.3, 0.4) is 0 Å². The lowest BCUT2D eigenvalue weighted by Gasteiger charge is -2.11. The van der Waals surface area contributed by atoms with Crippen molar-refractivity contribution in [2.45, 2.75) is 44.3 Å². The summed E-state index contributed by atoms with van der Waals surface area (Å²) in [5.74, 6) is 0.775. The lowest BCUT2D eigenvalue weighted by atomic mass is 9.96. The molecule has 3 N–H and O–H groups in total. The fourth-order valence-corrected chi connectivity index (χ4v) is 1.90. The summed E-state index contributed by atoms with van der Waals surface area (Å²) >= 11 is 0. The van der Waals surface area contributed by atoms with E-state index in [4.69, 9.17) is 5.73 Å². The highest BCUT2D eigenvalue weighted by molar-refractivity contribution is 5.25. The van der Waals surface area contributed by atoms with E-state index in [0.717, 1.165) is 12.3 Å². The van der Waals surface area contributed by atoms with Crippen LogP contribution in [0.4, 0.5) is 0 Å². The van der Waals surface area contributed by atoms with Crippen LogP contribution in [0.25, 0.3) is 0 Å². The van der Waals surface area contributed by atoms with E-state index < -0.39 is 0 Å². The molecular formula is C8H16N2. The number of nitrogens with one attached hydrogen (secondary N) is 1. The van der Waals surface area contributed by atoms with E-state index in [1.807, 2.05) is 0 Å². The Labute approximate surface area is 62.2 Å². The number of hydrogen-bond donors (Lipinski definition) is 2. The van der Waals surface area contributed by atoms with Gasteiger partial charge >= 0.3 is 0 Å². The molecule has 0 radical (unpaired) electrons. The fourth-order valence-electron chi connectivity index (χ4n) is 1.90. The molecule has 1 heterocycles. The van der Waals surface area contributed by atoms with Crippen LogP contribution in [0.2, 0.25) is 0 Å². The highest BCUT2D eigenvalue weighted by Gasteiger charge is 2.66. The molecular weight excluding hydrogens is 124 g/mol. The Kier molecular flexibility index (Phi) is 1.03. The summed E-state index contributed by atoms with van der Waals surface area (Å²) in [5, 5.41) is 3.41. The number of rotatable bonds is 2. The van der Waals surface area contributed by atoms with Crippen molar-refractivity contribution in [2.24, 2.45) is 11.7 Å². The zero-order chi connectivity index (χ0) is 7.41. The van der Waals surface area contributed by atoms with Gasteiger partial charge in [-0.2, -0.15) is 0 Å². The van der Waals surface area contributed by atoms with E-state index >= 15 is 0 Å². The van der Waals surface area contributed by atoms with Crippen LogP contribution >= 0.6 is 0 Å².